The van der Waals surface area contributed by atoms with E-state index in [0.29, 0.717) is 17.5 Å². The van der Waals surface area contributed by atoms with Gasteiger partial charge < -0.3 is 4.90 Å². The van der Waals surface area contributed by atoms with Crippen molar-refractivity contribution in [3.63, 3.8) is 0 Å². The van der Waals surface area contributed by atoms with Crippen LogP contribution in [-0.2, 0) is 6.54 Å². The Morgan fingerprint density at radius 3 is 2.65 bits per heavy atom. The molecular formula is C13H21N3O. The average Bonchev–Trinajstić information content (AvgIpc) is 2.74. The number of rotatable bonds is 2. The van der Waals surface area contributed by atoms with Gasteiger partial charge in [0.05, 0.1) is 0 Å². The van der Waals surface area contributed by atoms with Crippen LogP contribution in [0.4, 0.5) is 0 Å². The molecule has 1 aromatic rings. The van der Waals surface area contributed by atoms with E-state index in [4.69, 9.17) is 0 Å². The van der Waals surface area contributed by atoms with Gasteiger partial charge in [-0.2, -0.15) is 5.10 Å². The number of piperidine rings is 1. The Labute approximate surface area is 103 Å². The van der Waals surface area contributed by atoms with E-state index in [-0.39, 0.29) is 5.91 Å². The van der Waals surface area contributed by atoms with Gasteiger partial charge >= 0.3 is 0 Å². The van der Waals surface area contributed by atoms with Crippen LogP contribution in [0.3, 0.4) is 0 Å². The van der Waals surface area contributed by atoms with Gasteiger partial charge in [-0.3, -0.25) is 9.48 Å². The van der Waals surface area contributed by atoms with Crippen molar-refractivity contribution in [3.8, 4) is 0 Å². The average molecular weight is 235 g/mol. The number of carbonyl (C=O) groups is 1. The predicted molar refractivity (Wildman–Crippen MR) is 66.7 cm³/mol. The Morgan fingerprint density at radius 2 is 2.06 bits per heavy atom. The molecule has 4 nitrogen and oxygen atoms in total. The zero-order valence-electron chi connectivity index (χ0n) is 10.9. The number of aryl methyl sites for hydroxylation is 1. The van der Waals surface area contributed by atoms with Crippen molar-refractivity contribution in [2.45, 2.75) is 33.7 Å². The molecule has 94 valence electrons. The molecule has 1 amide bonds. The zero-order valence-corrected chi connectivity index (χ0v) is 10.9. The van der Waals surface area contributed by atoms with Crippen LogP contribution >= 0.6 is 0 Å². The van der Waals surface area contributed by atoms with Crippen LogP contribution in [-0.4, -0.2) is 33.7 Å². The van der Waals surface area contributed by atoms with Crippen LogP contribution in [0.15, 0.2) is 12.3 Å². The third-order valence-corrected chi connectivity index (χ3v) is 3.39. The maximum Gasteiger partial charge on any atom is 0.272 e. The lowest BCUT2D eigenvalue weighted by Crippen LogP contribution is -2.43. The van der Waals surface area contributed by atoms with Crippen LogP contribution in [0.25, 0.3) is 0 Å². The second kappa shape index (κ2) is 4.90. The molecule has 1 fully saturated rings. The minimum Gasteiger partial charge on any atom is -0.337 e. The highest BCUT2D eigenvalue weighted by Gasteiger charge is 2.27. The number of hydrogen-bond acceptors (Lipinski definition) is 2. The molecule has 1 aliphatic rings. The summed E-state index contributed by atoms with van der Waals surface area (Å²) in [7, 11) is 0. The summed E-state index contributed by atoms with van der Waals surface area (Å²) in [5.41, 5.74) is 0.716. The summed E-state index contributed by atoms with van der Waals surface area (Å²) in [5.74, 6) is 1.32. The summed E-state index contributed by atoms with van der Waals surface area (Å²) in [5, 5.41) is 4.16. The second-order valence-corrected chi connectivity index (χ2v) is 5.19. The van der Waals surface area contributed by atoms with E-state index in [1.165, 1.54) is 6.42 Å². The fourth-order valence-electron chi connectivity index (χ4n) is 2.76. The van der Waals surface area contributed by atoms with Crippen LogP contribution in [0.1, 0.15) is 37.7 Å². The first-order valence-electron chi connectivity index (χ1n) is 6.43. The molecule has 2 atom stereocenters. The molecule has 0 unspecified atom stereocenters. The first-order chi connectivity index (χ1) is 8.11. The molecule has 2 heterocycles. The minimum absolute atomic E-state index is 0.128. The third-order valence-electron chi connectivity index (χ3n) is 3.39. The topological polar surface area (TPSA) is 38.1 Å². The standard InChI is InChI=1S/C13H21N3O/c1-4-16-12(5-6-14-16)13(17)15-8-10(2)7-11(3)9-15/h5-6,10-11H,4,7-9H2,1-3H3/t10-,11-/m0/s1. The summed E-state index contributed by atoms with van der Waals surface area (Å²) >= 11 is 0. The number of likely N-dealkylation sites (tertiary alicyclic amines) is 1. The molecule has 0 aromatic carbocycles. The molecule has 2 rings (SSSR count). The summed E-state index contributed by atoms with van der Waals surface area (Å²) < 4.78 is 1.77. The van der Waals surface area contributed by atoms with E-state index in [9.17, 15) is 4.79 Å². The highest BCUT2D eigenvalue weighted by Crippen LogP contribution is 2.22. The molecule has 0 N–H and O–H groups in total. The highest BCUT2D eigenvalue weighted by atomic mass is 16.2. The fraction of sp³-hybridized carbons (Fsp3) is 0.692. The van der Waals surface area contributed by atoms with Crippen LogP contribution in [0, 0.1) is 11.8 Å². The van der Waals surface area contributed by atoms with E-state index in [0.717, 1.165) is 19.6 Å². The monoisotopic (exact) mass is 235 g/mol. The Kier molecular flexibility index (Phi) is 3.50. The maximum absolute atomic E-state index is 12.4. The first-order valence-corrected chi connectivity index (χ1v) is 6.43. The molecule has 4 heteroatoms. The fourth-order valence-corrected chi connectivity index (χ4v) is 2.76. The van der Waals surface area contributed by atoms with Crippen LogP contribution < -0.4 is 0 Å². The SMILES string of the molecule is CCn1nccc1C(=O)N1C[C@@H](C)C[C@H](C)C1. The lowest BCUT2D eigenvalue weighted by molar-refractivity contribution is 0.0610. The van der Waals surface area contributed by atoms with Crippen molar-refractivity contribution in [1.29, 1.82) is 0 Å². The van der Waals surface area contributed by atoms with Gasteiger partial charge in [0, 0.05) is 25.8 Å². The summed E-state index contributed by atoms with van der Waals surface area (Å²) in [4.78, 5) is 14.4. The lowest BCUT2D eigenvalue weighted by atomic mass is 9.92. The van der Waals surface area contributed by atoms with Gasteiger partial charge in [-0.05, 0) is 31.2 Å². The Bertz CT molecular complexity index is 389. The van der Waals surface area contributed by atoms with Crippen molar-refractivity contribution in [2.75, 3.05) is 13.1 Å². The molecular weight excluding hydrogens is 214 g/mol. The highest BCUT2D eigenvalue weighted by molar-refractivity contribution is 5.92. The number of carbonyl (C=O) groups excluding carboxylic acids is 1. The van der Waals surface area contributed by atoms with E-state index in [1.54, 1.807) is 10.9 Å². The van der Waals surface area contributed by atoms with Gasteiger partial charge in [-0.15, -0.1) is 0 Å². The molecule has 0 saturated carbocycles. The molecule has 0 spiro atoms. The minimum atomic E-state index is 0.128. The third kappa shape index (κ3) is 2.51. The van der Waals surface area contributed by atoms with Crippen molar-refractivity contribution in [1.82, 2.24) is 14.7 Å². The van der Waals surface area contributed by atoms with Crippen molar-refractivity contribution in [2.24, 2.45) is 11.8 Å². The van der Waals surface area contributed by atoms with Gasteiger partial charge in [0.25, 0.3) is 5.91 Å². The van der Waals surface area contributed by atoms with E-state index < -0.39 is 0 Å². The Balaban J connectivity index is 2.14. The van der Waals surface area contributed by atoms with Crippen LogP contribution in [0.5, 0.6) is 0 Å². The quantitative estimate of drug-likeness (QED) is 0.786. The second-order valence-electron chi connectivity index (χ2n) is 5.19. The van der Waals surface area contributed by atoms with Crippen molar-refractivity contribution in [3.05, 3.63) is 18.0 Å². The summed E-state index contributed by atoms with van der Waals surface area (Å²) in [6, 6.07) is 1.82. The lowest BCUT2D eigenvalue weighted by Gasteiger charge is -2.35. The number of hydrogen-bond donors (Lipinski definition) is 0. The molecule has 1 saturated heterocycles. The van der Waals surface area contributed by atoms with E-state index in [1.807, 2.05) is 17.9 Å². The van der Waals surface area contributed by atoms with Crippen LogP contribution in [0.2, 0.25) is 0 Å². The Morgan fingerprint density at radius 1 is 1.41 bits per heavy atom. The predicted octanol–water partition coefficient (Wildman–Crippen LogP) is 2.02. The van der Waals surface area contributed by atoms with Crippen molar-refractivity contribution >= 4 is 5.91 Å². The first kappa shape index (κ1) is 12.1. The summed E-state index contributed by atoms with van der Waals surface area (Å²) in [6.45, 7) is 8.93. The zero-order chi connectivity index (χ0) is 12.4. The molecule has 0 aliphatic carbocycles. The number of amides is 1. The molecule has 0 bridgehead atoms. The number of nitrogens with zero attached hydrogens (tertiary/aromatic N) is 3. The van der Waals surface area contributed by atoms with Gasteiger partial charge in [0.1, 0.15) is 5.69 Å². The van der Waals surface area contributed by atoms with Gasteiger partial charge in [-0.1, -0.05) is 13.8 Å². The number of aromatic nitrogens is 2. The van der Waals surface area contributed by atoms with Gasteiger partial charge in [0.2, 0.25) is 0 Å². The smallest absolute Gasteiger partial charge is 0.272 e. The maximum atomic E-state index is 12.4. The normalized spacial score (nSPS) is 25.0. The van der Waals surface area contributed by atoms with E-state index in [2.05, 4.69) is 18.9 Å². The largest absolute Gasteiger partial charge is 0.337 e. The summed E-state index contributed by atoms with van der Waals surface area (Å²) in [6.07, 6.45) is 2.92. The van der Waals surface area contributed by atoms with E-state index >= 15 is 0 Å². The molecule has 1 aliphatic heterocycles. The van der Waals surface area contributed by atoms with Crippen molar-refractivity contribution < 1.29 is 4.79 Å². The van der Waals surface area contributed by atoms with Gasteiger partial charge in [0.15, 0.2) is 0 Å². The van der Waals surface area contributed by atoms with Gasteiger partial charge in [-0.25, -0.2) is 0 Å². The Hall–Kier alpha value is -1.32. The molecule has 0 radical (unpaired) electrons. The molecule has 1 aromatic heterocycles. The molecule has 17 heavy (non-hydrogen) atoms.